The summed E-state index contributed by atoms with van der Waals surface area (Å²) in [7, 11) is 1.34. The van der Waals surface area contributed by atoms with Gasteiger partial charge in [-0.3, -0.25) is 0 Å². The molecule has 1 aromatic heterocycles. The van der Waals surface area contributed by atoms with Gasteiger partial charge in [-0.1, -0.05) is 12.1 Å². The number of nitrogen functional groups attached to an aromatic ring is 1. The number of nitrogens with two attached hydrogens (primary N) is 1. The highest BCUT2D eigenvalue weighted by atomic mass is 16.5. The van der Waals surface area contributed by atoms with Gasteiger partial charge >= 0.3 is 5.97 Å². The maximum absolute atomic E-state index is 11.2. The zero-order valence-electron chi connectivity index (χ0n) is 7.70. The molecule has 0 fully saturated rings. The van der Waals surface area contributed by atoms with Crippen molar-refractivity contribution in [2.24, 2.45) is 0 Å². The van der Waals surface area contributed by atoms with Crippen molar-refractivity contribution in [1.29, 1.82) is 0 Å². The Bertz CT molecular complexity index is 488. The van der Waals surface area contributed by atoms with Crippen molar-refractivity contribution in [2.75, 3.05) is 12.8 Å². The van der Waals surface area contributed by atoms with Crippen molar-refractivity contribution in [3.05, 3.63) is 30.0 Å². The second kappa shape index (κ2) is 3.06. The van der Waals surface area contributed by atoms with Crippen LogP contribution in [0.4, 0.5) is 5.69 Å². The van der Waals surface area contributed by atoms with Crippen LogP contribution in [0, 0.1) is 0 Å². The zero-order chi connectivity index (χ0) is 10.1. The Morgan fingerprint density at radius 2 is 2.29 bits per heavy atom. The topological polar surface area (TPSA) is 68.1 Å². The number of fused-ring (bicyclic) bond motifs is 1. The number of carbonyl (C=O) groups excluding carboxylic acids is 1. The highest BCUT2D eigenvalue weighted by Gasteiger charge is 2.09. The fraction of sp³-hybridized carbons (Fsp3) is 0.100. The summed E-state index contributed by atoms with van der Waals surface area (Å²) in [6, 6.07) is 7.22. The van der Waals surface area contributed by atoms with Gasteiger partial charge in [-0.15, -0.1) is 0 Å². The summed E-state index contributed by atoms with van der Waals surface area (Å²) in [5, 5.41) is 0.908. The number of nitrogens with one attached hydrogen (secondary N) is 1. The van der Waals surface area contributed by atoms with E-state index in [9.17, 15) is 4.79 Å². The first-order valence-electron chi connectivity index (χ1n) is 4.18. The van der Waals surface area contributed by atoms with E-state index in [1.165, 1.54) is 7.11 Å². The number of carbonyl (C=O) groups is 1. The van der Waals surface area contributed by atoms with Gasteiger partial charge in [0.05, 0.1) is 18.3 Å². The molecule has 2 aromatic rings. The van der Waals surface area contributed by atoms with Gasteiger partial charge < -0.3 is 15.5 Å². The Kier molecular flexibility index (Phi) is 1.89. The minimum Gasteiger partial charge on any atom is -0.464 e. The van der Waals surface area contributed by atoms with Crippen LogP contribution in [-0.4, -0.2) is 18.1 Å². The van der Waals surface area contributed by atoms with Crippen LogP contribution in [-0.2, 0) is 4.74 Å². The van der Waals surface area contributed by atoms with Crippen molar-refractivity contribution in [1.82, 2.24) is 4.98 Å². The Labute approximate surface area is 80.7 Å². The molecule has 3 N–H and O–H groups in total. The highest BCUT2D eigenvalue weighted by Crippen LogP contribution is 2.21. The molecule has 0 aliphatic carbocycles. The summed E-state index contributed by atoms with van der Waals surface area (Å²) >= 11 is 0. The smallest absolute Gasteiger partial charge is 0.354 e. The van der Waals surface area contributed by atoms with E-state index in [4.69, 9.17) is 5.73 Å². The molecule has 0 spiro atoms. The third-order valence-electron chi connectivity index (χ3n) is 2.09. The van der Waals surface area contributed by atoms with Gasteiger partial charge in [0, 0.05) is 5.39 Å². The number of benzene rings is 1. The first-order valence-corrected chi connectivity index (χ1v) is 4.18. The lowest BCUT2D eigenvalue weighted by Gasteiger charge is -1.94. The Hall–Kier alpha value is -1.97. The van der Waals surface area contributed by atoms with E-state index in [-0.39, 0.29) is 5.97 Å². The average Bonchev–Trinajstić information content (AvgIpc) is 2.62. The van der Waals surface area contributed by atoms with Gasteiger partial charge in [0.25, 0.3) is 0 Å². The van der Waals surface area contributed by atoms with Crippen LogP contribution in [0.1, 0.15) is 10.5 Å². The van der Waals surface area contributed by atoms with Gasteiger partial charge in [0.2, 0.25) is 0 Å². The number of esters is 1. The predicted octanol–water partition coefficient (Wildman–Crippen LogP) is 1.54. The number of hydrogen-bond acceptors (Lipinski definition) is 3. The number of rotatable bonds is 1. The number of H-pyrrole nitrogens is 1. The van der Waals surface area contributed by atoms with E-state index >= 15 is 0 Å². The van der Waals surface area contributed by atoms with Crippen LogP contribution in [0.25, 0.3) is 10.9 Å². The monoisotopic (exact) mass is 190 g/mol. The second-order valence-electron chi connectivity index (χ2n) is 2.99. The van der Waals surface area contributed by atoms with Crippen molar-refractivity contribution in [2.45, 2.75) is 0 Å². The van der Waals surface area contributed by atoms with E-state index in [2.05, 4.69) is 9.72 Å². The summed E-state index contributed by atoms with van der Waals surface area (Å²) in [6.07, 6.45) is 0. The van der Waals surface area contributed by atoms with Crippen molar-refractivity contribution in [3.8, 4) is 0 Å². The molecule has 0 saturated carbocycles. The van der Waals surface area contributed by atoms with Gasteiger partial charge in [0.15, 0.2) is 0 Å². The summed E-state index contributed by atoms with van der Waals surface area (Å²) < 4.78 is 4.59. The maximum Gasteiger partial charge on any atom is 0.354 e. The van der Waals surface area contributed by atoms with Crippen molar-refractivity contribution >= 4 is 22.6 Å². The molecule has 2 rings (SSSR count). The summed E-state index contributed by atoms with van der Waals surface area (Å²) in [5.41, 5.74) is 7.54. The molecule has 4 nitrogen and oxygen atoms in total. The Morgan fingerprint density at radius 3 is 2.93 bits per heavy atom. The number of anilines is 1. The molecular weight excluding hydrogens is 180 g/mol. The number of hydrogen-bond donors (Lipinski definition) is 2. The van der Waals surface area contributed by atoms with E-state index < -0.39 is 0 Å². The second-order valence-corrected chi connectivity index (χ2v) is 2.99. The largest absolute Gasteiger partial charge is 0.464 e. The predicted molar refractivity (Wildman–Crippen MR) is 54.1 cm³/mol. The Morgan fingerprint density at radius 1 is 1.50 bits per heavy atom. The summed E-state index contributed by atoms with van der Waals surface area (Å²) in [6.45, 7) is 0. The van der Waals surface area contributed by atoms with Crippen LogP contribution in [0.15, 0.2) is 24.3 Å². The van der Waals surface area contributed by atoms with Crippen LogP contribution in [0.3, 0.4) is 0 Å². The normalized spacial score (nSPS) is 10.4. The first kappa shape index (κ1) is 8.62. The van der Waals surface area contributed by atoms with Crippen LogP contribution >= 0.6 is 0 Å². The zero-order valence-corrected chi connectivity index (χ0v) is 7.70. The molecule has 14 heavy (non-hydrogen) atoms. The standard InChI is InChI=1S/C10H10N2O2/c1-14-10(13)8-5-6-3-2-4-7(11)9(6)12-8/h2-5,12H,11H2,1H3. The molecule has 1 heterocycles. The average molecular weight is 190 g/mol. The molecular formula is C10H10N2O2. The number of methoxy groups -OCH3 is 1. The quantitative estimate of drug-likeness (QED) is 0.529. The molecule has 0 atom stereocenters. The SMILES string of the molecule is COC(=O)c1cc2cccc(N)c2[nH]1. The van der Waals surface area contributed by atoms with Crippen LogP contribution < -0.4 is 5.73 Å². The highest BCUT2D eigenvalue weighted by molar-refractivity contribution is 5.98. The molecule has 4 heteroatoms. The third kappa shape index (κ3) is 1.21. The molecule has 0 unspecified atom stereocenters. The van der Waals surface area contributed by atoms with Gasteiger partial charge in [0.1, 0.15) is 5.69 Å². The van der Waals surface area contributed by atoms with Gasteiger partial charge in [-0.05, 0) is 12.1 Å². The van der Waals surface area contributed by atoms with E-state index in [1.54, 1.807) is 12.1 Å². The summed E-state index contributed by atoms with van der Waals surface area (Å²) in [5.74, 6) is -0.388. The molecule has 0 saturated heterocycles. The lowest BCUT2D eigenvalue weighted by Crippen LogP contribution is -2.00. The minimum absolute atomic E-state index is 0.388. The number of para-hydroxylation sites is 1. The van der Waals surface area contributed by atoms with Crippen molar-refractivity contribution < 1.29 is 9.53 Å². The minimum atomic E-state index is -0.388. The molecule has 0 aliphatic heterocycles. The Balaban J connectivity index is 2.62. The number of aromatic nitrogens is 1. The van der Waals surface area contributed by atoms with Gasteiger partial charge in [-0.25, -0.2) is 4.79 Å². The van der Waals surface area contributed by atoms with Crippen LogP contribution in [0.2, 0.25) is 0 Å². The molecule has 0 amide bonds. The van der Waals surface area contributed by atoms with E-state index in [1.807, 2.05) is 12.1 Å². The molecule has 1 aromatic carbocycles. The number of aromatic amines is 1. The fourth-order valence-corrected chi connectivity index (χ4v) is 1.40. The van der Waals surface area contributed by atoms with E-state index in [0.29, 0.717) is 11.4 Å². The van der Waals surface area contributed by atoms with E-state index in [0.717, 1.165) is 10.9 Å². The van der Waals surface area contributed by atoms with Crippen LogP contribution in [0.5, 0.6) is 0 Å². The lowest BCUT2D eigenvalue weighted by atomic mass is 10.2. The fourth-order valence-electron chi connectivity index (χ4n) is 1.40. The third-order valence-corrected chi connectivity index (χ3v) is 2.09. The molecule has 72 valence electrons. The molecule has 0 aliphatic rings. The van der Waals surface area contributed by atoms with Gasteiger partial charge in [-0.2, -0.15) is 0 Å². The van der Waals surface area contributed by atoms with Crippen molar-refractivity contribution in [3.63, 3.8) is 0 Å². The number of ether oxygens (including phenoxy) is 1. The molecule has 0 radical (unpaired) electrons. The first-order chi connectivity index (χ1) is 6.72. The molecule has 0 bridgehead atoms. The maximum atomic E-state index is 11.2. The summed E-state index contributed by atoms with van der Waals surface area (Å²) in [4.78, 5) is 14.1. The lowest BCUT2D eigenvalue weighted by molar-refractivity contribution is 0.0595.